The monoisotopic (exact) mass is 477 g/mol. The normalized spacial score (nSPS) is 12.1. The highest BCUT2D eigenvalue weighted by atomic mass is 19.4. The first-order valence-electron chi connectivity index (χ1n) is 11.0. The SMILES string of the molecule is CC(C)c1ncccc1-c1ncc2cnn(Cc3ccc(-c4nc(C(F)(F)F)cn4C)cc3)c2n1. The highest BCUT2D eigenvalue weighted by Gasteiger charge is 2.34. The van der Waals surface area contributed by atoms with E-state index in [-0.39, 0.29) is 11.7 Å². The summed E-state index contributed by atoms with van der Waals surface area (Å²) in [4.78, 5) is 17.5. The largest absolute Gasteiger partial charge is 0.434 e. The smallest absolute Gasteiger partial charge is 0.333 e. The summed E-state index contributed by atoms with van der Waals surface area (Å²) < 4.78 is 42.2. The molecular formula is C25H22F3N7. The van der Waals surface area contributed by atoms with Gasteiger partial charge in [-0.25, -0.2) is 19.6 Å². The van der Waals surface area contributed by atoms with E-state index in [1.807, 2.05) is 24.3 Å². The third kappa shape index (κ3) is 4.39. The summed E-state index contributed by atoms with van der Waals surface area (Å²) in [5.41, 5.74) is 3.11. The Morgan fingerprint density at radius 1 is 0.971 bits per heavy atom. The van der Waals surface area contributed by atoms with Gasteiger partial charge in [0.25, 0.3) is 0 Å². The summed E-state index contributed by atoms with van der Waals surface area (Å²) in [5.74, 6) is 1.06. The quantitative estimate of drug-likeness (QED) is 0.335. The standard InChI is InChI=1S/C25H22F3N7/c1-15(2)21-19(5-4-10-29-21)22-30-11-18-12-31-35(24(18)33-22)13-16-6-8-17(9-7-16)23-32-20(14-34(23)3)25(26,27)28/h4-12,14-15H,13H2,1-3H3. The zero-order valence-corrected chi connectivity index (χ0v) is 19.3. The maximum Gasteiger partial charge on any atom is 0.434 e. The van der Waals surface area contributed by atoms with Crippen molar-refractivity contribution in [3.63, 3.8) is 0 Å². The van der Waals surface area contributed by atoms with Crippen molar-refractivity contribution in [1.82, 2.24) is 34.3 Å². The minimum Gasteiger partial charge on any atom is -0.333 e. The van der Waals surface area contributed by atoms with Gasteiger partial charge in [-0.15, -0.1) is 0 Å². The van der Waals surface area contributed by atoms with Crippen molar-refractivity contribution >= 4 is 11.0 Å². The van der Waals surface area contributed by atoms with Crippen LogP contribution in [0.5, 0.6) is 0 Å². The van der Waals surface area contributed by atoms with Gasteiger partial charge in [0.1, 0.15) is 5.82 Å². The van der Waals surface area contributed by atoms with Crippen LogP contribution in [-0.2, 0) is 19.8 Å². The van der Waals surface area contributed by atoms with Gasteiger partial charge in [0.05, 0.1) is 23.8 Å². The van der Waals surface area contributed by atoms with Crippen molar-refractivity contribution in [2.24, 2.45) is 7.05 Å². The zero-order chi connectivity index (χ0) is 24.7. The van der Waals surface area contributed by atoms with Gasteiger partial charge in [-0.2, -0.15) is 18.3 Å². The molecule has 0 unspecified atom stereocenters. The molecule has 0 saturated carbocycles. The lowest BCUT2D eigenvalue weighted by Gasteiger charge is -2.10. The number of halogens is 3. The molecule has 0 saturated heterocycles. The van der Waals surface area contributed by atoms with Crippen molar-refractivity contribution in [3.05, 3.63) is 78.1 Å². The average molecular weight is 477 g/mol. The second kappa shape index (κ2) is 8.61. The number of imidazole rings is 1. The fourth-order valence-electron chi connectivity index (χ4n) is 3.98. The summed E-state index contributed by atoms with van der Waals surface area (Å²) in [7, 11) is 1.55. The van der Waals surface area contributed by atoms with Crippen LogP contribution in [0.25, 0.3) is 33.8 Å². The Balaban J connectivity index is 1.44. The fourth-order valence-corrected chi connectivity index (χ4v) is 3.98. The van der Waals surface area contributed by atoms with Gasteiger partial charge in [0.15, 0.2) is 17.2 Å². The van der Waals surface area contributed by atoms with Gasteiger partial charge in [0, 0.05) is 36.8 Å². The van der Waals surface area contributed by atoms with Crippen molar-refractivity contribution in [1.29, 1.82) is 0 Å². The molecule has 0 aliphatic heterocycles. The van der Waals surface area contributed by atoms with Crippen LogP contribution in [0.1, 0.15) is 36.7 Å². The molecule has 0 bridgehead atoms. The molecule has 7 nitrogen and oxygen atoms in total. The van der Waals surface area contributed by atoms with Crippen LogP contribution in [0.3, 0.4) is 0 Å². The molecule has 0 fully saturated rings. The predicted octanol–water partition coefficient (Wildman–Crippen LogP) is 5.48. The molecule has 35 heavy (non-hydrogen) atoms. The molecule has 0 N–H and O–H groups in total. The summed E-state index contributed by atoms with van der Waals surface area (Å²) in [6.45, 7) is 4.60. The van der Waals surface area contributed by atoms with Crippen molar-refractivity contribution in [2.45, 2.75) is 32.5 Å². The molecule has 0 amide bonds. The van der Waals surface area contributed by atoms with Gasteiger partial charge >= 0.3 is 6.18 Å². The van der Waals surface area contributed by atoms with E-state index >= 15 is 0 Å². The minimum atomic E-state index is -4.48. The Hall–Kier alpha value is -4.08. The molecule has 0 radical (unpaired) electrons. The maximum absolute atomic E-state index is 13.0. The van der Waals surface area contributed by atoms with E-state index in [1.165, 1.54) is 4.57 Å². The van der Waals surface area contributed by atoms with E-state index in [2.05, 4.69) is 33.9 Å². The number of alkyl halides is 3. The molecule has 4 aromatic heterocycles. The Kier molecular flexibility index (Phi) is 5.58. The topological polar surface area (TPSA) is 74.3 Å². The molecule has 5 aromatic rings. The van der Waals surface area contributed by atoms with Crippen LogP contribution in [0, 0.1) is 0 Å². The highest BCUT2D eigenvalue weighted by molar-refractivity contribution is 5.76. The van der Waals surface area contributed by atoms with Crippen LogP contribution in [0.2, 0.25) is 0 Å². The Labute approximate surface area is 199 Å². The predicted molar refractivity (Wildman–Crippen MR) is 125 cm³/mol. The van der Waals surface area contributed by atoms with E-state index in [1.54, 1.807) is 42.5 Å². The van der Waals surface area contributed by atoms with Gasteiger partial charge in [-0.3, -0.25) is 4.98 Å². The molecule has 0 aliphatic carbocycles. The van der Waals surface area contributed by atoms with E-state index in [0.29, 0.717) is 23.6 Å². The van der Waals surface area contributed by atoms with Crippen LogP contribution >= 0.6 is 0 Å². The van der Waals surface area contributed by atoms with Crippen LogP contribution < -0.4 is 0 Å². The van der Waals surface area contributed by atoms with Crippen molar-refractivity contribution < 1.29 is 13.2 Å². The van der Waals surface area contributed by atoms with Gasteiger partial charge in [-0.05, 0) is 23.6 Å². The molecule has 1 aromatic carbocycles. The summed E-state index contributed by atoms with van der Waals surface area (Å²) in [6, 6.07) is 11.1. The number of hydrogen-bond acceptors (Lipinski definition) is 5. The molecular weight excluding hydrogens is 455 g/mol. The summed E-state index contributed by atoms with van der Waals surface area (Å²) in [6.07, 6.45) is 1.74. The van der Waals surface area contributed by atoms with Crippen LogP contribution in [0.4, 0.5) is 13.2 Å². The third-order valence-electron chi connectivity index (χ3n) is 5.71. The fraction of sp³-hybridized carbons (Fsp3) is 0.240. The molecule has 178 valence electrons. The number of benzene rings is 1. The van der Waals surface area contributed by atoms with E-state index < -0.39 is 11.9 Å². The number of aromatic nitrogens is 7. The van der Waals surface area contributed by atoms with E-state index in [0.717, 1.165) is 28.4 Å². The van der Waals surface area contributed by atoms with E-state index in [4.69, 9.17) is 4.98 Å². The number of hydrogen-bond donors (Lipinski definition) is 0. The number of rotatable bonds is 5. The first-order valence-corrected chi connectivity index (χ1v) is 11.0. The van der Waals surface area contributed by atoms with Gasteiger partial charge in [-0.1, -0.05) is 38.1 Å². The van der Waals surface area contributed by atoms with Crippen molar-refractivity contribution in [3.8, 4) is 22.8 Å². The lowest BCUT2D eigenvalue weighted by Crippen LogP contribution is -2.05. The molecule has 10 heteroatoms. The molecule has 5 rings (SSSR count). The third-order valence-corrected chi connectivity index (χ3v) is 5.71. The first kappa shape index (κ1) is 22.7. The average Bonchev–Trinajstić information content (AvgIpc) is 3.43. The lowest BCUT2D eigenvalue weighted by molar-refractivity contribution is -0.140. The summed E-state index contributed by atoms with van der Waals surface area (Å²) in [5, 5.41) is 5.28. The number of fused-ring (bicyclic) bond motifs is 1. The zero-order valence-electron chi connectivity index (χ0n) is 19.3. The lowest BCUT2D eigenvalue weighted by atomic mass is 10.0. The van der Waals surface area contributed by atoms with Gasteiger partial charge < -0.3 is 4.57 Å². The molecule has 0 atom stereocenters. The highest BCUT2D eigenvalue weighted by Crippen LogP contribution is 2.31. The molecule has 4 heterocycles. The second-order valence-corrected chi connectivity index (χ2v) is 8.62. The van der Waals surface area contributed by atoms with Crippen LogP contribution in [-0.4, -0.2) is 34.3 Å². The minimum absolute atomic E-state index is 0.222. The Bertz CT molecular complexity index is 1500. The number of pyridine rings is 1. The van der Waals surface area contributed by atoms with Crippen molar-refractivity contribution in [2.75, 3.05) is 0 Å². The Morgan fingerprint density at radius 3 is 2.43 bits per heavy atom. The Morgan fingerprint density at radius 2 is 1.74 bits per heavy atom. The number of nitrogens with zero attached hydrogens (tertiary/aromatic N) is 7. The second-order valence-electron chi connectivity index (χ2n) is 8.62. The van der Waals surface area contributed by atoms with Gasteiger partial charge in [0.2, 0.25) is 0 Å². The molecule has 0 spiro atoms. The maximum atomic E-state index is 13.0. The number of aryl methyl sites for hydroxylation is 1. The van der Waals surface area contributed by atoms with Crippen LogP contribution in [0.15, 0.2) is 61.2 Å². The molecule has 0 aliphatic rings. The summed E-state index contributed by atoms with van der Waals surface area (Å²) >= 11 is 0. The first-order chi connectivity index (χ1) is 16.7. The van der Waals surface area contributed by atoms with E-state index in [9.17, 15) is 13.2 Å².